The van der Waals surface area contributed by atoms with Gasteiger partial charge in [0.05, 0.1) is 12.7 Å². The molecule has 0 fully saturated rings. The van der Waals surface area contributed by atoms with Crippen molar-refractivity contribution < 1.29 is 19.4 Å². The van der Waals surface area contributed by atoms with Gasteiger partial charge in [0.15, 0.2) is 11.5 Å². The van der Waals surface area contributed by atoms with Crippen LogP contribution in [0.4, 0.5) is 0 Å². The van der Waals surface area contributed by atoms with Gasteiger partial charge in [-0.15, -0.1) is 0 Å². The van der Waals surface area contributed by atoms with Crippen LogP contribution in [0, 0.1) is 0 Å². The van der Waals surface area contributed by atoms with Crippen molar-refractivity contribution in [2.24, 2.45) is 0 Å². The Morgan fingerprint density at radius 3 is 2.70 bits per heavy atom. The fourth-order valence-electron chi connectivity index (χ4n) is 1.47. The summed E-state index contributed by atoms with van der Waals surface area (Å²) in [7, 11) is 1.46. The summed E-state index contributed by atoms with van der Waals surface area (Å²) in [6.45, 7) is 0. The highest BCUT2D eigenvalue weighted by molar-refractivity contribution is 9.10. The van der Waals surface area contributed by atoms with Gasteiger partial charge >= 0.3 is 5.97 Å². The summed E-state index contributed by atoms with van der Waals surface area (Å²) in [5.41, 5.74) is 0.0778. The van der Waals surface area contributed by atoms with Gasteiger partial charge in [0.1, 0.15) is 5.02 Å². The molecule has 0 radical (unpaired) electrons. The molecule has 2 rings (SSSR count). The zero-order valence-electron chi connectivity index (χ0n) is 10.3. The van der Waals surface area contributed by atoms with E-state index in [1.807, 2.05) is 0 Å². The van der Waals surface area contributed by atoms with Gasteiger partial charge in [-0.2, -0.15) is 0 Å². The average molecular weight is 359 g/mol. The number of carbonyl (C=O) groups is 1. The van der Waals surface area contributed by atoms with Gasteiger partial charge in [-0.05, 0) is 40.2 Å². The quantitative estimate of drug-likeness (QED) is 0.895. The number of methoxy groups -OCH3 is 1. The summed E-state index contributed by atoms with van der Waals surface area (Å²) in [6.07, 6.45) is 1.52. The molecular formula is C13H9BrClNO4. The lowest BCUT2D eigenvalue weighted by molar-refractivity contribution is 0.0696. The van der Waals surface area contributed by atoms with Gasteiger partial charge in [0.25, 0.3) is 0 Å². The van der Waals surface area contributed by atoms with Crippen molar-refractivity contribution in [1.82, 2.24) is 4.98 Å². The number of benzene rings is 1. The van der Waals surface area contributed by atoms with Crippen LogP contribution < -0.4 is 9.47 Å². The van der Waals surface area contributed by atoms with Crippen LogP contribution in [0.5, 0.6) is 17.4 Å². The number of aromatic nitrogens is 1. The maximum atomic E-state index is 11.0. The zero-order chi connectivity index (χ0) is 14.7. The molecule has 1 N–H and O–H groups in total. The first-order chi connectivity index (χ1) is 9.51. The molecule has 0 amide bonds. The van der Waals surface area contributed by atoms with Crippen LogP contribution in [-0.4, -0.2) is 23.2 Å². The minimum absolute atomic E-state index is 0.0778. The molecule has 104 valence electrons. The smallest absolute Gasteiger partial charge is 0.335 e. The number of halogens is 2. The summed E-state index contributed by atoms with van der Waals surface area (Å²) >= 11 is 9.24. The first kappa shape index (κ1) is 14.6. The Morgan fingerprint density at radius 2 is 2.10 bits per heavy atom. The molecule has 0 saturated carbocycles. The van der Waals surface area contributed by atoms with Crippen molar-refractivity contribution in [3.05, 3.63) is 45.5 Å². The Kier molecular flexibility index (Phi) is 4.46. The Labute approximate surface area is 128 Å². The Morgan fingerprint density at radius 1 is 1.35 bits per heavy atom. The highest BCUT2D eigenvalue weighted by Gasteiger charge is 2.13. The first-order valence-corrected chi connectivity index (χ1v) is 6.58. The second-order valence-corrected chi connectivity index (χ2v) is 5.04. The van der Waals surface area contributed by atoms with Crippen LogP contribution in [0.15, 0.2) is 34.9 Å². The van der Waals surface area contributed by atoms with Crippen molar-refractivity contribution >= 4 is 33.5 Å². The predicted octanol–water partition coefficient (Wildman–Crippen LogP) is 4.00. The number of pyridine rings is 1. The second-order valence-electron chi connectivity index (χ2n) is 3.71. The molecule has 1 heterocycles. The van der Waals surface area contributed by atoms with Crippen molar-refractivity contribution in [2.75, 3.05) is 7.11 Å². The van der Waals surface area contributed by atoms with E-state index >= 15 is 0 Å². The van der Waals surface area contributed by atoms with Gasteiger partial charge in [-0.3, -0.25) is 0 Å². The van der Waals surface area contributed by atoms with E-state index < -0.39 is 5.97 Å². The first-order valence-electron chi connectivity index (χ1n) is 5.41. The number of rotatable bonds is 4. The monoisotopic (exact) mass is 357 g/mol. The third-order valence-electron chi connectivity index (χ3n) is 2.39. The Balaban J connectivity index is 2.40. The van der Waals surface area contributed by atoms with Gasteiger partial charge in [-0.25, -0.2) is 9.78 Å². The van der Waals surface area contributed by atoms with Gasteiger partial charge < -0.3 is 14.6 Å². The number of hydrogen-bond donors (Lipinski definition) is 1. The molecule has 7 heteroatoms. The second kappa shape index (κ2) is 6.11. The number of carboxylic acids is 1. The predicted molar refractivity (Wildman–Crippen MR) is 77.0 cm³/mol. The highest BCUT2D eigenvalue weighted by atomic mass is 79.9. The van der Waals surface area contributed by atoms with Gasteiger partial charge in [-0.1, -0.05) is 11.6 Å². The zero-order valence-corrected chi connectivity index (χ0v) is 12.6. The van der Waals surface area contributed by atoms with E-state index in [0.717, 1.165) is 0 Å². The SMILES string of the molecule is COc1ccc(C(=O)O)cc1Oc1ncc(Br)cc1Cl. The molecule has 1 aromatic heterocycles. The largest absolute Gasteiger partial charge is 0.493 e. The molecular weight excluding hydrogens is 350 g/mol. The van der Waals surface area contributed by atoms with E-state index in [0.29, 0.717) is 15.2 Å². The maximum absolute atomic E-state index is 11.0. The standard InChI is InChI=1S/C13H9BrClNO4/c1-19-10-3-2-7(13(17)18)4-11(10)20-12-9(15)5-8(14)6-16-12/h2-6H,1H3,(H,17,18). The fourth-order valence-corrected chi connectivity index (χ4v) is 2.14. The topological polar surface area (TPSA) is 68.7 Å². The molecule has 20 heavy (non-hydrogen) atoms. The van der Waals surface area contributed by atoms with Crippen molar-refractivity contribution in [3.8, 4) is 17.4 Å². The van der Waals surface area contributed by atoms with E-state index in [9.17, 15) is 4.79 Å². The molecule has 0 atom stereocenters. The van der Waals surface area contributed by atoms with E-state index in [1.165, 1.54) is 31.5 Å². The molecule has 0 aliphatic rings. The number of carboxylic acid groups (broad SMARTS) is 1. The molecule has 1 aromatic carbocycles. The Bertz CT molecular complexity index is 663. The van der Waals surface area contributed by atoms with Gasteiger partial charge in [0, 0.05) is 10.7 Å². The lowest BCUT2D eigenvalue weighted by Crippen LogP contribution is -1.99. The van der Waals surface area contributed by atoms with E-state index in [-0.39, 0.29) is 17.2 Å². The van der Waals surface area contributed by atoms with Crippen LogP contribution in [0.3, 0.4) is 0 Å². The molecule has 2 aromatic rings. The highest BCUT2D eigenvalue weighted by Crippen LogP contribution is 2.35. The molecule has 0 aliphatic heterocycles. The van der Waals surface area contributed by atoms with Crippen LogP contribution >= 0.6 is 27.5 Å². The fraction of sp³-hybridized carbons (Fsp3) is 0.0769. The van der Waals surface area contributed by atoms with E-state index in [1.54, 1.807) is 6.07 Å². The van der Waals surface area contributed by atoms with Gasteiger partial charge in [0.2, 0.25) is 5.88 Å². The molecule has 0 aliphatic carbocycles. The summed E-state index contributed by atoms with van der Waals surface area (Å²) in [6, 6.07) is 5.90. The lowest BCUT2D eigenvalue weighted by atomic mass is 10.2. The van der Waals surface area contributed by atoms with Crippen molar-refractivity contribution in [2.45, 2.75) is 0 Å². The summed E-state index contributed by atoms with van der Waals surface area (Å²) in [5, 5.41) is 9.28. The Hall–Kier alpha value is -1.79. The third kappa shape index (κ3) is 3.20. The van der Waals surface area contributed by atoms with Crippen LogP contribution in [-0.2, 0) is 0 Å². The summed E-state index contributed by atoms with van der Waals surface area (Å²) in [5.74, 6) is -0.289. The van der Waals surface area contributed by atoms with E-state index in [2.05, 4.69) is 20.9 Å². The normalized spacial score (nSPS) is 10.2. The van der Waals surface area contributed by atoms with Crippen molar-refractivity contribution in [3.63, 3.8) is 0 Å². The average Bonchev–Trinajstić information content (AvgIpc) is 2.41. The summed E-state index contributed by atoms with van der Waals surface area (Å²) in [4.78, 5) is 15.0. The number of nitrogens with zero attached hydrogens (tertiary/aromatic N) is 1. The number of aromatic carboxylic acids is 1. The molecule has 0 unspecified atom stereocenters. The van der Waals surface area contributed by atoms with Crippen LogP contribution in [0.1, 0.15) is 10.4 Å². The molecule has 0 spiro atoms. The molecule has 5 nitrogen and oxygen atoms in total. The maximum Gasteiger partial charge on any atom is 0.335 e. The molecule has 0 bridgehead atoms. The number of ether oxygens (including phenoxy) is 2. The number of hydrogen-bond acceptors (Lipinski definition) is 4. The summed E-state index contributed by atoms with van der Waals surface area (Å²) < 4.78 is 11.4. The minimum atomic E-state index is -1.06. The van der Waals surface area contributed by atoms with Crippen molar-refractivity contribution in [1.29, 1.82) is 0 Å². The van der Waals surface area contributed by atoms with Crippen LogP contribution in [0.2, 0.25) is 5.02 Å². The lowest BCUT2D eigenvalue weighted by Gasteiger charge is -2.11. The molecule has 0 saturated heterocycles. The van der Waals surface area contributed by atoms with Crippen LogP contribution in [0.25, 0.3) is 0 Å². The third-order valence-corrected chi connectivity index (χ3v) is 3.10. The minimum Gasteiger partial charge on any atom is -0.493 e. The van der Waals surface area contributed by atoms with E-state index in [4.69, 9.17) is 26.2 Å².